The molecule has 1 N–H and O–H groups in total. The van der Waals surface area contributed by atoms with Crippen molar-refractivity contribution in [3.05, 3.63) is 24.3 Å². The van der Waals surface area contributed by atoms with Crippen LogP contribution in [0.5, 0.6) is 5.75 Å². The summed E-state index contributed by atoms with van der Waals surface area (Å²) in [6.07, 6.45) is 5.51. The number of hydrogen-bond acceptors (Lipinski definition) is 3. The zero-order valence-electron chi connectivity index (χ0n) is 11.3. The molecular weight excluding hydrogens is 236 g/mol. The van der Waals surface area contributed by atoms with Gasteiger partial charge in [-0.1, -0.05) is 6.07 Å². The summed E-state index contributed by atoms with van der Waals surface area (Å²) in [4.78, 5) is 5.24. The van der Waals surface area contributed by atoms with Gasteiger partial charge in [0, 0.05) is 43.5 Å². The van der Waals surface area contributed by atoms with Crippen molar-refractivity contribution in [1.29, 1.82) is 0 Å². The van der Waals surface area contributed by atoms with Gasteiger partial charge in [-0.05, 0) is 43.7 Å². The summed E-state index contributed by atoms with van der Waals surface area (Å²) in [7, 11) is 0. The third-order valence-electron chi connectivity index (χ3n) is 4.90. The van der Waals surface area contributed by atoms with E-state index in [4.69, 9.17) is 0 Å². The first kappa shape index (κ1) is 11.6. The van der Waals surface area contributed by atoms with Crippen molar-refractivity contribution in [2.24, 2.45) is 5.92 Å². The average molecular weight is 258 g/mol. The second-order valence-corrected chi connectivity index (χ2v) is 6.47. The number of fused-ring (bicyclic) bond motifs is 2. The number of hydrogen-bond donors (Lipinski definition) is 1. The van der Waals surface area contributed by atoms with E-state index in [9.17, 15) is 5.11 Å². The molecule has 4 rings (SSSR count). The predicted octanol–water partition coefficient (Wildman–Crippen LogP) is 2.46. The van der Waals surface area contributed by atoms with Gasteiger partial charge in [0.2, 0.25) is 0 Å². The number of rotatable bonds is 3. The van der Waals surface area contributed by atoms with E-state index in [1.807, 2.05) is 12.1 Å². The molecule has 19 heavy (non-hydrogen) atoms. The number of phenolic OH excluding ortho intramolecular Hbond substituents is 1. The van der Waals surface area contributed by atoms with E-state index in [1.165, 1.54) is 51.0 Å². The molecule has 2 unspecified atom stereocenters. The number of phenols is 1. The largest absolute Gasteiger partial charge is 0.508 e. The molecule has 2 saturated heterocycles. The summed E-state index contributed by atoms with van der Waals surface area (Å²) in [5, 5.41) is 9.68. The van der Waals surface area contributed by atoms with E-state index < -0.39 is 0 Å². The van der Waals surface area contributed by atoms with E-state index in [2.05, 4.69) is 15.9 Å². The highest BCUT2D eigenvalue weighted by Crippen LogP contribution is 2.38. The van der Waals surface area contributed by atoms with Crippen molar-refractivity contribution < 1.29 is 5.11 Å². The molecular formula is C16H22N2O. The van der Waals surface area contributed by atoms with Crippen LogP contribution in [0, 0.1) is 5.92 Å². The maximum atomic E-state index is 9.68. The third kappa shape index (κ3) is 2.20. The van der Waals surface area contributed by atoms with E-state index in [1.54, 1.807) is 6.07 Å². The Bertz CT molecular complexity index is 458. The number of nitrogens with zero attached hydrogens (tertiary/aromatic N) is 2. The molecule has 2 heterocycles. The Morgan fingerprint density at radius 3 is 2.42 bits per heavy atom. The van der Waals surface area contributed by atoms with Crippen LogP contribution in [0.2, 0.25) is 0 Å². The number of benzene rings is 1. The monoisotopic (exact) mass is 258 g/mol. The van der Waals surface area contributed by atoms with Gasteiger partial charge in [-0.3, -0.25) is 4.90 Å². The van der Waals surface area contributed by atoms with Crippen LogP contribution in [0.15, 0.2) is 24.3 Å². The molecule has 3 aliphatic rings. The molecule has 0 amide bonds. The topological polar surface area (TPSA) is 26.7 Å². The smallest absolute Gasteiger partial charge is 0.117 e. The minimum absolute atomic E-state index is 0.386. The minimum Gasteiger partial charge on any atom is -0.508 e. The van der Waals surface area contributed by atoms with Crippen LogP contribution in [0.25, 0.3) is 0 Å². The lowest BCUT2D eigenvalue weighted by atomic mass is 10.1. The highest BCUT2D eigenvalue weighted by molar-refractivity contribution is 5.53. The first-order valence-electron chi connectivity index (χ1n) is 7.59. The average Bonchev–Trinajstić information content (AvgIpc) is 3.15. The second kappa shape index (κ2) is 4.41. The van der Waals surface area contributed by atoms with Gasteiger partial charge in [0.1, 0.15) is 5.75 Å². The van der Waals surface area contributed by atoms with Crippen LogP contribution in [0.3, 0.4) is 0 Å². The quantitative estimate of drug-likeness (QED) is 0.902. The molecule has 1 saturated carbocycles. The van der Waals surface area contributed by atoms with Crippen LogP contribution < -0.4 is 4.90 Å². The zero-order chi connectivity index (χ0) is 12.8. The zero-order valence-corrected chi connectivity index (χ0v) is 11.3. The summed E-state index contributed by atoms with van der Waals surface area (Å²) < 4.78 is 0. The summed E-state index contributed by atoms with van der Waals surface area (Å²) in [5.74, 6) is 1.38. The Balaban J connectivity index is 1.52. The Labute approximate surface area is 114 Å². The van der Waals surface area contributed by atoms with Crippen molar-refractivity contribution in [2.45, 2.75) is 37.8 Å². The van der Waals surface area contributed by atoms with E-state index in [0.29, 0.717) is 17.8 Å². The molecule has 2 bridgehead atoms. The van der Waals surface area contributed by atoms with Gasteiger partial charge in [-0.25, -0.2) is 0 Å². The van der Waals surface area contributed by atoms with Crippen molar-refractivity contribution >= 4 is 5.69 Å². The van der Waals surface area contributed by atoms with Crippen LogP contribution in [-0.2, 0) is 0 Å². The molecule has 102 valence electrons. The first-order valence-corrected chi connectivity index (χ1v) is 7.59. The minimum atomic E-state index is 0.386. The van der Waals surface area contributed by atoms with Crippen LogP contribution >= 0.6 is 0 Å². The molecule has 3 fully saturated rings. The second-order valence-electron chi connectivity index (χ2n) is 6.47. The fourth-order valence-electron chi connectivity index (χ4n) is 3.88. The molecule has 1 aromatic rings. The fraction of sp³-hybridized carbons (Fsp3) is 0.625. The molecule has 0 spiro atoms. The van der Waals surface area contributed by atoms with Crippen LogP contribution in [0.1, 0.15) is 25.7 Å². The lowest BCUT2D eigenvalue weighted by Crippen LogP contribution is -2.54. The van der Waals surface area contributed by atoms with E-state index in [-0.39, 0.29) is 0 Å². The molecule has 1 aromatic carbocycles. The summed E-state index contributed by atoms with van der Waals surface area (Å²) in [6, 6.07) is 9.08. The van der Waals surface area contributed by atoms with Crippen molar-refractivity contribution in [2.75, 3.05) is 24.5 Å². The molecule has 3 heteroatoms. The fourth-order valence-corrected chi connectivity index (χ4v) is 3.88. The number of likely N-dealkylation sites (tertiary alicyclic amines) is 1. The summed E-state index contributed by atoms with van der Waals surface area (Å²) in [6.45, 7) is 3.74. The molecule has 0 radical (unpaired) electrons. The van der Waals surface area contributed by atoms with Gasteiger partial charge < -0.3 is 10.0 Å². The third-order valence-corrected chi connectivity index (χ3v) is 4.90. The lowest BCUT2D eigenvalue weighted by Gasteiger charge is -2.42. The Hall–Kier alpha value is -1.22. The van der Waals surface area contributed by atoms with Gasteiger partial charge in [0.25, 0.3) is 0 Å². The first-order chi connectivity index (χ1) is 9.29. The van der Waals surface area contributed by atoms with Gasteiger partial charge in [-0.15, -0.1) is 0 Å². The van der Waals surface area contributed by atoms with Crippen molar-refractivity contribution in [3.8, 4) is 5.75 Å². The number of aromatic hydroxyl groups is 1. The van der Waals surface area contributed by atoms with Crippen LogP contribution in [-0.4, -0.2) is 41.7 Å². The molecule has 1 aliphatic carbocycles. The highest BCUT2D eigenvalue weighted by atomic mass is 16.3. The van der Waals surface area contributed by atoms with E-state index >= 15 is 0 Å². The summed E-state index contributed by atoms with van der Waals surface area (Å²) in [5.41, 5.74) is 1.21. The van der Waals surface area contributed by atoms with Gasteiger partial charge in [0.05, 0.1) is 0 Å². The van der Waals surface area contributed by atoms with Gasteiger partial charge >= 0.3 is 0 Å². The lowest BCUT2D eigenvalue weighted by molar-refractivity contribution is 0.211. The molecule has 3 nitrogen and oxygen atoms in total. The maximum absolute atomic E-state index is 9.68. The number of anilines is 1. The maximum Gasteiger partial charge on any atom is 0.117 e. The normalized spacial score (nSPS) is 30.8. The Morgan fingerprint density at radius 1 is 1.05 bits per heavy atom. The SMILES string of the molecule is Oc1cccc(N2C3CCC2CN(CC2CC2)C3)c1. The Kier molecular flexibility index (Phi) is 2.69. The van der Waals surface area contributed by atoms with Crippen molar-refractivity contribution in [3.63, 3.8) is 0 Å². The van der Waals surface area contributed by atoms with Crippen LogP contribution in [0.4, 0.5) is 5.69 Å². The standard InChI is InChI=1S/C16H22N2O/c19-16-3-1-2-13(8-16)18-14-6-7-15(18)11-17(10-14)9-12-4-5-12/h1-3,8,12,14-15,19H,4-7,9-11H2. The summed E-state index contributed by atoms with van der Waals surface area (Å²) >= 11 is 0. The van der Waals surface area contributed by atoms with Gasteiger partial charge in [-0.2, -0.15) is 0 Å². The Morgan fingerprint density at radius 2 is 1.79 bits per heavy atom. The van der Waals surface area contributed by atoms with Crippen molar-refractivity contribution in [1.82, 2.24) is 4.90 Å². The van der Waals surface area contributed by atoms with E-state index in [0.717, 1.165) is 5.92 Å². The number of piperazine rings is 1. The predicted molar refractivity (Wildman–Crippen MR) is 76.6 cm³/mol. The highest BCUT2D eigenvalue weighted by Gasteiger charge is 2.41. The molecule has 2 aliphatic heterocycles. The van der Waals surface area contributed by atoms with Gasteiger partial charge in [0.15, 0.2) is 0 Å². The molecule has 0 aromatic heterocycles. The molecule has 2 atom stereocenters.